The van der Waals surface area contributed by atoms with Gasteiger partial charge < -0.3 is 9.13 Å². The van der Waals surface area contributed by atoms with Crippen molar-refractivity contribution in [2.24, 2.45) is 0 Å². The second-order valence-corrected chi connectivity index (χ2v) is 11.3. The van der Waals surface area contributed by atoms with Gasteiger partial charge in [-0.25, -0.2) is 0 Å². The van der Waals surface area contributed by atoms with E-state index < -0.39 is 0 Å². The minimum atomic E-state index is 0.969. The molecule has 0 saturated heterocycles. The van der Waals surface area contributed by atoms with E-state index >= 15 is 0 Å². The van der Waals surface area contributed by atoms with Crippen LogP contribution in [0.4, 0.5) is 0 Å². The highest BCUT2D eigenvalue weighted by Gasteiger charge is 2.10. The van der Waals surface area contributed by atoms with E-state index in [4.69, 9.17) is 0 Å². The number of para-hydroxylation sites is 2. The quantitative estimate of drug-likeness (QED) is 0.184. The van der Waals surface area contributed by atoms with Crippen LogP contribution < -0.4 is 0 Å². The lowest BCUT2D eigenvalue weighted by Crippen LogP contribution is -1.92. The number of hydrogen-bond donors (Lipinski definition) is 0. The molecule has 2 heteroatoms. The standard InChI is InChI=1S/C40H36N2/c1-5-41-37-13-9-7-11-33(37)35-25-29(17-21-39(35)41)15-19-31-23-28(4)32(24-27(31)3)20-16-30-18-22-40-36(26-30)34-12-8-10-14-38(34)42(40)6-2/h7-26H,5-6H2,1-4H3/b19-15+,20-16+. The number of aromatic nitrogens is 2. The number of fused-ring (bicyclic) bond motifs is 6. The fraction of sp³-hybridized carbons (Fsp3) is 0.150. The second-order valence-electron chi connectivity index (χ2n) is 11.3. The van der Waals surface area contributed by atoms with Crippen LogP contribution in [0.25, 0.3) is 67.9 Å². The first-order chi connectivity index (χ1) is 20.6. The second kappa shape index (κ2) is 10.5. The van der Waals surface area contributed by atoms with Crippen molar-refractivity contribution in [3.8, 4) is 0 Å². The van der Waals surface area contributed by atoms with Crippen LogP contribution in [0.1, 0.15) is 47.2 Å². The van der Waals surface area contributed by atoms with Crippen molar-refractivity contribution in [2.45, 2.75) is 40.8 Å². The molecular formula is C40H36N2. The van der Waals surface area contributed by atoms with E-state index in [2.05, 4.69) is 158 Å². The van der Waals surface area contributed by atoms with E-state index in [-0.39, 0.29) is 0 Å². The topological polar surface area (TPSA) is 9.86 Å². The van der Waals surface area contributed by atoms with Crippen LogP contribution in [-0.4, -0.2) is 9.13 Å². The summed E-state index contributed by atoms with van der Waals surface area (Å²) in [6.07, 6.45) is 9.01. The Bertz CT molecular complexity index is 2020. The van der Waals surface area contributed by atoms with E-state index in [0.29, 0.717) is 0 Å². The third-order valence-electron chi connectivity index (χ3n) is 8.79. The van der Waals surface area contributed by atoms with Crippen molar-refractivity contribution < 1.29 is 0 Å². The molecule has 0 unspecified atom stereocenters. The maximum atomic E-state index is 2.40. The fourth-order valence-corrected chi connectivity index (χ4v) is 6.62. The van der Waals surface area contributed by atoms with Crippen LogP contribution in [0.5, 0.6) is 0 Å². The first-order valence-corrected chi connectivity index (χ1v) is 15.0. The Morgan fingerprint density at radius 3 is 1.29 bits per heavy atom. The highest BCUT2D eigenvalue weighted by Crippen LogP contribution is 2.32. The van der Waals surface area contributed by atoms with Crippen LogP contribution in [0.2, 0.25) is 0 Å². The predicted molar refractivity (Wildman–Crippen MR) is 184 cm³/mol. The highest BCUT2D eigenvalue weighted by molar-refractivity contribution is 6.09. The molecular weight excluding hydrogens is 508 g/mol. The Kier molecular flexibility index (Phi) is 6.55. The molecule has 0 bridgehead atoms. The summed E-state index contributed by atoms with van der Waals surface area (Å²) in [5, 5.41) is 5.28. The van der Waals surface area contributed by atoms with E-state index in [1.54, 1.807) is 0 Å². The first kappa shape index (κ1) is 26.1. The highest BCUT2D eigenvalue weighted by atomic mass is 15.0. The number of nitrogens with zero attached hydrogens (tertiary/aromatic N) is 2. The van der Waals surface area contributed by atoms with Crippen molar-refractivity contribution in [3.63, 3.8) is 0 Å². The molecule has 5 aromatic carbocycles. The summed E-state index contributed by atoms with van der Waals surface area (Å²) in [6, 6.07) is 35.7. The molecule has 0 amide bonds. The van der Waals surface area contributed by atoms with Gasteiger partial charge in [0.05, 0.1) is 0 Å². The van der Waals surface area contributed by atoms with Crippen molar-refractivity contribution in [3.05, 3.63) is 130 Å². The maximum absolute atomic E-state index is 2.40. The molecule has 0 radical (unpaired) electrons. The molecule has 0 aliphatic heterocycles. The molecule has 7 rings (SSSR count). The molecule has 0 N–H and O–H groups in total. The summed E-state index contributed by atoms with van der Waals surface area (Å²) in [7, 11) is 0. The molecule has 2 aromatic heterocycles. The third kappa shape index (κ3) is 4.35. The Morgan fingerprint density at radius 2 is 0.857 bits per heavy atom. The maximum Gasteiger partial charge on any atom is 0.0491 e. The van der Waals surface area contributed by atoms with Gasteiger partial charge in [-0.15, -0.1) is 0 Å². The zero-order valence-electron chi connectivity index (χ0n) is 24.9. The number of hydrogen-bond acceptors (Lipinski definition) is 0. The molecule has 0 aliphatic rings. The van der Waals surface area contributed by atoms with E-state index in [9.17, 15) is 0 Å². The van der Waals surface area contributed by atoms with Crippen molar-refractivity contribution >= 4 is 67.9 Å². The Hall–Kier alpha value is -4.82. The van der Waals surface area contributed by atoms with Gasteiger partial charge in [0.1, 0.15) is 0 Å². The van der Waals surface area contributed by atoms with Gasteiger partial charge in [-0.2, -0.15) is 0 Å². The van der Waals surface area contributed by atoms with Gasteiger partial charge in [0.15, 0.2) is 0 Å². The molecule has 0 fully saturated rings. The van der Waals surface area contributed by atoms with Crippen molar-refractivity contribution in [1.29, 1.82) is 0 Å². The first-order valence-electron chi connectivity index (χ1n) is 15.0. The fourth-order valence-electron chi connectivity index (χ4n) is 6.62. The Balaban J connectivity index is 1.18. The van der Waals surface area contributed by atoms with Crippen LogP contribution in [0.3, 0.4) is 0 Å². The van der Waals surface area contributed by atoms with Gasteiger partial charge in [-0.1, -0.05) is 85.0 Å². The van der Waals surface area contributed by atoms with Crippen molar-refractivity contribution in [2.75, 3.05) is 0 Å². The molecule has 0 atom stereocenters. The SMILES string of the molecule is CCn1c2ccccc2c2cc(/C=C/c3cc(C)c(/C=C/c4ccc5c(c4)c4ccccc4n5CC)cc3C)ccc21. The van der Waals surface area contributed by atoms with E-state index in [1.807, 2.05) is 0 Å². The average Bonchev–Trinajstić information content (AvgIpc) is 3.52. The lowest BCUT2D eigenvalue weighted by atomic mass is 9.98. The number of aryl methyl sites for hydroxylation is 4. The summed E-state index contributed by atoms with van der Waals surface area (Å²) < 4.78 is 4.80. The van der Waals surface area contributed by atoms with Gasteiger partial charge >= 0.3 is 0 Å². The van der Waals surface area contributed by atoms with Crippen molar-refractivity contribution in [1.82, 2.24) is 9.13 Å². The van der Waals surface area contributed by atoms with Crippen LogP contribution in [0, 0.1) is 13.8 Å². The average molecular weight is 545 g/mol. The van der Waals surface area contributed by atoms with E-state index in [1.165, 1.54) is 77.0 Å². The largest absolute Gasteiger partial charge is 0.341 e. The van der Waals surface area contributed by atoms with Crippen LogP contribution in [-0.2, 0) is 13.1 Å². The Morgan fingerprint density at radius 1 is 0.452 bits per heavy atom. The zero-order valence-corrected chi connectivity index (χ0v) is 24.9. The lowest BCUT2D eigenvalue weighted by Gasteiger charge is -2.08. The predicted octanol–water partition coefficient (Wildman–Crippen LogP) is 10.9. The smallest absolute Gasteiger partial charge is 0.0491 e. The normalized spacial score (nSPS) is 12.3. The summed E-state index contributed by atoms with van der Waals surface area (Å²) >= 11 is 0. The Labute approximate surface area is 247 Å². The number of rotatable bonds is 6. The minimum absolute atomic E-state index is 0.969. The molecule has 206 valence electrons. The summed E-state index contributed by atoms with van der Waals surface area (Å²) in [6.45, 7) is 10.8. The third-order valence-corrected chi connectivity index (χ3v) is 8.79. The van der Waals surface area contributed by atoms with Gasteiger partial charge in [0.25, 0.3) is 0 Å². The molecule has 2 heterocycles. The minimum Gasteiger partial charge on any atom is -0.341 e. The molecule has 0 aliphatic carbocycles. The molecule has 0 spiro atoms. The van der Waals surface area contributed by atoms with Gasteiger partial charge in [0, 0.05) is 56.7 Å². The molecule has 0 saturated carbocycles. The van der Waals surface area contributed by atoms with Crippen LogP contribution >= 0.6 is 0 Å². The van der Waals surface area contributed by atoms with E-state index in [0.717, 1.165) is 13.1 Å². The monoisotopic (exact) mass is 544 g/mol. The van der Waals surface area contributed by atoms with Gasteiger partial charge in [-0.3, -0.25) is 0 Å². The molecule has 2 nitrogen and oxygen atoms in total. The number of benzene rings is 5. The van der Waals surface area contributed by atoms with Gasteiger partial charge in [0.2, 0.25) is 0 Å². The lowest BCUT2D eigenvalue weighted by molar-refractivity contribution is 0.827. The molecule has 7 aromatic rings. The van der Waals surface area contributed by atoms with Gasteiger partial charge in [-0.05, 0) is 97.5 Å². The summed E-state index contributed by atoms with van der Waals surface area (Å²) in [4.78, 5) is 0. The molecule has 42 heavy (non-hydrogen) atoms. The zero-order chi connectivity index (χ0) is 28.8. The summed E-state index contributed by atoms with van der Waals surface area (Å²) in [5.41, 5.74) is 12.7. The van der Waals surface area contributed by atoms with Crippen LogP contribution in [0.15, 0.2) is 97.1 Å². The summed E-state index contributed by atoms with van der Waals surface area (Å²) in [5.74, 6) is 0.